The van der Waals surface area contributed by atoms with Crippen molar-refractivity contribution >= 4 is 34.9 Å². The number of hydrogen-bond donors (Lipinski definition) is 1. The number of nitrogens with one attached hydrogen (secondary N) is 1. The fraction of sp³-hybridized carbons (Fsp3) is 0.467. The van der Waals surface area contributed by atoms with Gasteiger partial charge in [0.2, 0.25) is 0 Å². The third kappa shape index (κ3) is 2.85. The first-order valence-corrected chi connectivity index (χ1v) is 8.33. The number of allylic oxidation sites excluding steroid dienone is 1. The van der Waals surface area contributed by atoms with Crippen molar-refractivity contribution in [2.24, 2.45) is 5.92 Å². The second-order valence-corrected chi connectivity index (χ2v) is 7.32. The van der Waals surface area contributed by atoms with E-state index in [0.717, 1.165) is 17.7 Å². The number of halogens is 1. The Morgan fingerprint density at radius 2 is 2.23 bits per heavy atom. The predicted octanol–water partition coefficient (Wildman–Crippen LogP) is 3.32. The molecule has 0 spiro atoms. The van der Waals surface area contributed by atoms with Gasteiger partial charge in [-0.1, -0.05) is 11.6 Å². The lowest BCUT2D eigenvalue weighted by atomic mass is 10.0. The van der Waals surface area contributed by atoms with Crippen LogP contribution in [0.5, 0.6) is 0 Å². The lowest BCUT2D eigenvalue weighted by Gasteiger charge is -2.34. The molecule has 1 aliphatic heterocycles. The topological polar surface area (TPSA) is 58.6 Å². The van der Waals surface area contributed by atoms with Gasteiger partial charge in [0.25, 0.3) is 0 Å². The van der Waals surface area contributed by atoms with Gasteiger partial charge in [0, 0.05) is 17.1 Å². The Hall–Kier alpha value is -1.53. The number of carbonyl (C=O) groups is 2. The Bertz CT molecular complexity index is 651. The summed E-state index contributed by atoms with van der Waals surface area (Å²) in [5.74, 6) is 0.111. The van der Waals surface area contributed by atoms with Crippen LogP contribution in [-0.4, -0.2) is 30.6 Å². The molecule has 7 heteroatoms. The van der Waals surface area contributed by atoms with E-state index in [0.29, 0.717) is 28.1 Å². The Morgan fingerprint density at radius 1 is 1.50 bits per heavy atom. The molecule has 118 valence electrons. The first kappa shape index (κ1) is 15.4. The van der Waals surface area contributed by atoms with Gasteiger partial charge in [-0.2, -0.15) is 0 Å². The minimum atomic E-state index is -0.507. The molecule has 0 unspecified atom stereocenters. The van der Waals surface area contributed by atoms with Crippen molar-refractivity contribution in [1.29, 1.82) is 0 Å². The largest absolute Gasteiger partial charge is 0.466 e. The van der Waals surface area contributed by atoms with E-state index in [4.69, 9.17) is 16.3 Å². The average molecular weight is 341 g/mol. The highest BCUT2D eigenvalue weighted by atomic mass is 35.5. The molecule has 1 saturated carbocycles. The van der Waals surface area contributed by atoms with Crippen LogP contribution in [0.1, 0.15) is 30.7 Å². The molecular formula is C15H17ClN2O3S. The minimum absolute atomic E-state index is 0.174. The lowest BCUT2D eigenvalue weighted by Crippen LogP contribution is -2.48. The second-order valence-electron chi connectivity index (χ2n) is 5.57. The standard InChI is InChI=1S/C15H17ClN2O3S/c1-8-12(14(19)21-2)13(10-5-6-11(16)22-10)17-15(20)18(8)7-9-3-4-9/h5-6,9,13H,3-4,7H2,1-2H3,(H,17,20)/t13-/m1/s1. The zero-order chi connectivity index (χ0) is 15.9. The number of ether oxygens (including phenoxy) is 1. The number of rotatable bonds is 4. The molecule has 0 saturated heterocycles. The van der Waals surface area contributed by atoms with E-state index in [-0.39, 0.29) is 6.03 Å². The SMILES string of the molecule is COC(=O)C1=C(C)N(CC2CC2)C(=O)N[C@@H]1c1ccc(Cl)s1. The Kier molecular flexibility index (Phi) is 4.14. The molecule has 2 heterocycles. The molecule has 3 rings (SSSR count). The molecule has 0 radical (unpaired) electrons. The average Bonchev–Trinajstić information content (AvgIpc) is 3.21. The highest BCUT2D eigenvalue weighted by Crippen LogP contribution is 2.38. The number of methoxy groups -OCH3 is 1. The van der Waals surface area contributed by atoms with Crippen LogP contribution in [0, 0.1) is 5.92 Å². The summed E-state index contributed by atoms with van der Waals surface area (Å²) in [6, 6.07) is 2.90. The fourth-order valence-electron chi connectivity index (χ4n) is 2.63. The normalized spacial score (nSPS) is 21.9. The van der Waals surface area contributed by atoms with Gasteiger partial charge in [0.15, 0.2) is 0 Å². The van der Waals surface area contributed by atoms with Crippen LogP contribution in [0.25, 0.3) is 0 Å². The number of carbonyl (C=O) groups excluding carboxylic acids is 2. The van der Waals surface area contributed by atoms with Gasteiger partial charge in [-0.15, -0.1) is 11.3 Å². The third-order valence-electron chi connectivity index (χ3n) is 4.02. The number of urea groups is 1. The summed E-state index contributed by atoms with van der Waals surface area (Å²) in [5, 5.41) is 2.91. The Morgan fingerprint density at radius 3 is 2.77 bits per heavy atom. The van der Waals surface area contributed by atoms with Gasteiger partial charge in [-0.3, -0.25) is 4.90 Å². The Balaban J connectivity index is 2.00. The molecule has 1 N–H and O–H groups in total. The number of thiophene rings is 1. The highest BCUT2D eigenvalue weighted by molar-refractivity contribution is 7.16. The van der Waals surface area contributed by atoms with E-state index in [1.54, 1.807) is 17.9 Å². The molecule has 5 nitrogen and oxygen atoms in total. The fourth-order valence-corrected chi connectivity index (χ4v) is 3.75. The van der Waals surface area contributed by atoms with Crippen molar-refractivity contribution in [3.05, 3.63) is 32.6 Å². The molecule has 1 aromatic rings. The Labute approximate surface area is 137 Å². The van der Waals surface area contributed by atoms with Crippen LogP contribution in [0.15, 0.2) is 23.4 Å². The number of amides is 2. The molecule has 2 aliphatic rings. The molecule has 0 aromatic carbocycles. The van der Waals surface area contributed by atoms with E-state index in [2.05, 4.69) is 5.32 Å². The van der Waals surface area contributed by atoms with E-state index < -0.39 is 12.0 Å². The van der Waals surface area contributed by atoms with Gasteiger partial charge >= 0.3 is 12.0 Å². The smallest absolute Gasteiger partial charge is 0.338 e. The van der Waals surface area contributed by atoms with Gasteiger partial charge < -0.3 is 10.1 Å². The summed E-state index contributed by atoms with van der Waals surface area (Å²) in [7, 11) is 1.35. The van der Waals surface area contributed by atoms with Crippen molar-refractivity contribution < 1.29 is 14.3 Å². The summed E-state index contributed by atoms with van der Waals surface area (Å²) in [5.41, 5.74) is 1.14. The van der Waals surface area contributed by atoms with Crippen molar-refractivity contribution in [3.63, 3.8) is 0 Å². The number of esters is 1. The summed E-state index contributed by atoms with van der Waals surface area (Å²) in [4.78, 5) is 27.1. The highest BCUT2D eigenvalue weighted by Gasteiger charge is 2.38. The van der Waals surface area contributed by atoms with Crippen LogP contribution in [0.4, 0.5) is 4.79 Å². The molecule has 2 amide bonds. The molecule has 1 fully saturated rings. The van der Waals surface area contributed by atoms with Crippen molar-refractivity contribution in [3.8, 4) is 0 Å². The van der Waals surface area contributed by atoms with Crippen molar-refractivity contribution in [2.75, 3.05) is 13.7 Å². The minimum Gasteiger partial charge on any atom is -0.466 e. The van der Waals surface area contributed by atoms with Crippen molar-refractivity contribution in [2.45, 2.75) is 25.8 Å². The predicted molar refractivity (Wildman–Crippen MR) is 84.7 cm³/mol. The van der Waals surface area contributed by atoms with Gasteiger partial charge in [-0.05, 0) is 37.8 Å². The number of hydrogen-bond acceptors (Lipinski definition) is 4. The summed E-state index contributed by atoms with van der Waals surface area (Å²) < 4.78 is 5.54. The summed E-state index contributed by atoms with van der Waals surface area (Å²) in [6.45, 7) is 2.45. The molecule has 1 atom stereocenters. The maximum atomic E-state index is 12.4. The van der Waals surface area contributed by atoms with Crippen molar-refractivity contribution in [1.82, 2.24) is 10.2 Å². The second kappa shape index (κ2) is 5.93. The first-order valence-electron chi connectivity index (χ1n) is 7.13. The summed E-state index contributed by atoms with van der Waals surface area (Å²) in [6.07, 6.45) is 2.27. The molecule has 1 aliphatic carbocycles. The summed E-state index contributed by atoms with van der Waals surface area (Å²) >= 11 is 7.33. The number of nitrogens with zero attached hydrogens (tertiary/aromatic N) is 1. The van der Waals surface area contributed by atoms with Gasteiger partial charge in [-0.25, -0.2) is 9.59 Å². The molecular weight excluding hydrogens is 324 g/mol. The maximum Gasteiger partial charge on any atom is 0.338 e. The molecule has 22 heavy (non-hydrogen) atoms. The van der Waals surface area contributed by atoms with Crippen LogP contribution < -0.4 is 5.32 Å². The van der Waals surface area contributed by atoms with E-state index >= 15 is 0 Å². The molecule has 0 bridgehead atoms. The molecule has 1 aromatic heterocycles. The van der Waals surface area contributed by atoms with Crippen LogP contribution >= 0.6 is 22.9 Å². The van der Waals surface area contributed by atoms with Gasteiger partial charge in [0.1, 0.15) is 0 Å². The van der Waals surface area contributed by atoms with Gasteiger partial charge in [0.05, 0.1) is 23.1 Å². The van der Waals surface area contributed by atoms with E-state index in [1.165, 1.54) is 18.4 Å². The van der Waals surface area contributed by atoms with Crippen LogP contribution in [-0.2, 0) is 9.53 Å². The third-order valence-corrected chi connectivity index (χ3v) is 5.31. The monoisotopic (exact) mass is 340 g/mol. The maximum absolute atomic E-state index is 12.4. The zero-order valence-electron chi connectivity index (χ0n) is 12.4. The quantitative estimate of drug-likeness (QED) is 0.855. The van der Waals surface area contributed by atoms with Crippen LogP contribution in [0.2, 0.25) is 4.34 Å². The van der Waals surface area contributed by atoms with Crippen LogP contribution in [0.3, 0.4) is 0 Å². The van der Waals surface area contributed by atoms with E-state index in [9.17, 15) is 9.59 Å². The zero-order valence-corrected chi connectivity index (χ0v) is 14.0. The van der Waals surface area contributed by atoms with E-state index in [1.807, 2.05) is 6.07 Å². The lowest BCUT2D eigenvalue weighted by molar-refractivity contribution is -0.136. The first-order chi connectivity index (χ1) is 10.5.